The Bertz CT molecular complexity index is 744. The van der Waals surface area contributed by atoms with Gasteiger partial charge in [-0.3, -0.25) is 9.99 Å². The Balaban J connectivity index is 2.49. The van der Waals surface area contributed by atoms with Gasteiger partial charge in [0.1, 0.15) is 5.82 Å². The van der Waals surface area contributed by atoms with Crippen molar-refractivity contribution in [3.63, 3.8) is 0 Å². The summed E-state index contributed by atoms with van der Waals surface area (Å²) in [5, 5.41) is 0.836. The second-order valence-corrected chi connectivity index (χ2v) is 5.14. The van der Waals surface area contributed by atoms with Crippen molar-refractivity contribution in [2.24, 2.45) is 0 Å². The van der Waals surface area contributed by atoms with E-state index in [1.54, 1.807) is 24.3 Å². The quantitative estimate of drug-likeness (QED) is 0.481. The highest BCUT2D eigenvalue weighted by molar-refractivity contribution is 6.42. The van der Waals surface area contributed by atoms with Gasteiger partial charge in [-0.25, -0.2) is 10.2 Å². The van der Waals surface area contributed by atoms with Crippen LogP contribution in [0.5, 0.6) is 0 Å². The molecule has 0 aliphatic rings. The number of nitrogens with one attached hydrogen (secondary N) is 2. The zero-order valence-electron chi connectivity index (χ0n) is 11.9. The Labute approximate surface area is 137 Å². The first-order valence-corrected chi connectivity index (χ1v) is 7.36. The van der Waals surface area contributed by atoms with Gasteiger partial charge in [0.05, 0.1) is 10.0 Å². The molecule has 0 fully saturated rings. The summed E-state index contributed by atoms with van der Waals surface area (Å²) in [6.45, 7) is 6.37. The number of nitrogens with zero attached hydrogens (tertiary/aromatic N) is 3. The highest BCUT2D eigenvalue weighted by Gasteiger charge is 2.12. The third kappa shape index (κ3) is 3.65. The van der Waals surface area contributed by atoms with Crippen LogP contribution in [0.25, 0.3) is 11.4 Å². The van der Waals surface area contributed by atoms with Crippen LogP contribution in [0, 0.1) is 0 Å². The van der Waals surface area contributed by atoms with E-state index < -0.39 is 5.69 Å². The second kappa shape index (κ2) is 7.40. The molecule has 0 spiro atoms. The minimum Gasteiger partial charge on any atom is -0.289 e. The maximum absolute atomic E-state index is 12.1. The summed E-state index contributed by atoms with van der Waals surface area (Å²) in [6.07, 6.45) is 1.67. The lowest BCUT2D eigenvalue weighted by molar-refractivity contribution is 0.683. The molecule has 0 atom stereocenters. The van der Waals surface area contributed by atoms with Crippen molar-refractivity contribution in [2.45, 2.75) is 13.5 Å². The van der Waals surface area contributed by atoms with Crippen molar-refractivity contribution in [3.8, 4) is 11.4 Å². The molecule has 0 bridgehead atoms. The van der Waals surface area contributed by atoms with Crippen molar-refractivity contribution in [2.75, 3.05) is 12.0 Å². The molecule has 0 saturated carbocycles. The normalized spacial score (nSPS) is 10.5. The topological polar surface area (TPSA) is 71.8 Å². The van der Waals surface area contributed by atoms with E-state index in [1.165, 1.54) is 4.57 Å². The minimum absolute atomic E-state index is 0.178. The summed E-state index contributed by atoms with van der Waals surface area (Å²) in [5.41, 5.74) is 5.87. The summed E-state index contributed by atoms with van der Waals surface area (Å²) < 4.78 is 1.46. The number of halogens is 2. The molecule has 0 saturated heterocycles. The third-order valence-corrected chi connectivity index (χ3v) is 3.58. The molecule has 1 heterocycles. The minimum atomic E-state index is -0.401. The standard InChI is InChI=1S/C14H15Cl2N5O/c1-3-7-17-20-13-18-12(21(4-2)14(22)19-13)9-5-6-10(15)11(16)8-9/h3,5-6,8,17H,1,4,7H2,2H3,(H,19,20,22). The zero-order chi connectivity index (χ0) is 16.1. The highest BCUT2D eigenvalue weighted by Crippen LogP contribution is 2.27. The van der Waals surface area contributed by atoms with Gasteiger partial charge in [0, 0.05) is 18.7 Å². The van der Waals surface area contributed by atoms with Crippen LogP contribution < -0.4 is 16.5 Å². The monoisotopic (exact) mass is 339 g/mol. The lowest BCUT2D eigenvalue weighted by Crippen LogP contribution is -2.30. The summed E-state index contributed by atoms with van der Waals surface area (Å²) in [7, 11) is 0. The van der Waals surface area contributed by atoms with Crippen LogP contribution in [0.1, 0.15) is 6.92 Å². The first-order chi connectivity index (χ1) is 10.6. The van der Waals surface area contributed by atoms with Gasteiger partial charge in [-0.15, -0.1) is 6.58 Å². The van der Waals surface area contributed by atoms with E-state index >= 15 is 0 Å². The lowest BCUT2D eigenvalue weighted by Gasteiger charge is -2.12. The molecule has 0 amide bonds. The van der Waals surface area contributed by atoms with Crippen LogP contribution in [0.3, 0.4) is 0 Å². The Morgan fingerprint density at radius 1 is 1.32 bits per heavy atom. The number of rotatable bonds is 6. The summed E-state index contributed by atoms with van der Waals surface area (Å²) in [5.74, 6) is 0.640. The van der Waals surface area contributed by atoms with E-state index in [0.717, 1.165) is 0 Å². The fourth-order valence-electron chi connectivity index (χ4n) is 1.83. The predicted octanol–water partition coefficient (Wildman–Crippen LogP) is 2.73. The predicted molar refractivity (Wildman–Crippen MR) is 89.2 cm³/mol. The number of hydrogen-bond acceptors (Lipinski definition) is 5. The molecule has 22 heavy (non-hydrogen) atoms. The fraction of sp³-hybridized carbons (Fsp3) is 0.214. The smallest absolute Gasteiger partial charge is 0.289 e. The van der Waals surface area contributed by atoms with Crippen molar-refractivity contribution in [1.82, 2.24) is 20.0 Å². The molecule has 2 N–H and O–H groups in total. The lowest BCUT2D eigenvalue weighted by atomic mass is 10.2. The molecule has 1 aromatic heterocycles. The molecule has 0 aliphatic heterocycles. The first kappa shape index (κ1) is 16.5. The Kier molecular flexibility index (Phi) is 5.54. The van der Waals surface area contributed by atoms with Crippen LogP contribution >= 0.6 is 23.2 Å². The first-order valence-electron chi connectivity index (χ1n) is 6.61. The summed E-state index contributed by atoms with van der Waals surface area (Å²) in [4.78, 5) is 20.3. The molecule has 2 aromatic rings. The van der Waals surface area contributed by atoms with Gasteiger partial charge in [-0.2, -0.15) is 9.97 Å². The van der Waals surface area contributed by atoms with Gasteiger partial charge >= 0.3 is 5.69 Å². The number of benzene rings is 1. The molecular weight excluding hydrogens is 325 g/mol. The third-order valence-electron chi connectivity index (χ3n) is 2.84. The van der Waals surface area contributed by atoms with E-state index in [9.17, 15) is 4.79 Å². The number of aromatic nitrogens is 3. The Morgan fingerprint density at radius 3 is 2.73 bits per heavy atom. The number of hydrazine groups is 1. The average molecular weight is 340 g/mol. The molecular formula is C14H15Cl2N5O. The van der Waals surface area contributed by atoms with Crippen LogP contribution in [-0.4, -0.2) is 21.1 Å². The van der Waals surface area contributed by atoms with E-state index in [4.69, 9.17) is 23.2 Å². The van der Waals surface area contributed by atoms with Crippen LogP contribution in [0.4, 0.5) is 5.95 Å². The average Bonchev–Trinajstić information content (AvgIpc) is 2.50. The fourth-order valence-corrected chi connectivity index (χ4v) is 2.12. The van der Waals surface area contributed by atoms with E-state index in [2.05, 4.69) is 27.4 Å². The zero-order valence-corrected chi connectivity index (χ0v) is 13.4. The van der Waals surface area contributed by atoms with Gasteiger partial charge < -0.3 is 0 Å². The van der Waals surface area contributed by atoms with Crippen molar-refractivity contribution in [1.29, 1.82) is 0 Å². The maximum atomic E-state index is 12.1. The number of anilines is 1. The molecule has 6 nitrogen and oxygen atoms in total. The highest BCUT2D eigenvalue weighted by atomic mass is 35.5. The maximum Gasteiger partial charge on any atom is 0.352 e. The molecule has 1 aromatic carbocycles. The van der Waals surface area contributed by atoms with E-state index in [1.807, 2.05) is 6.92 Å². The molecule has 8 heteroatoms. The van der Waals surface area contributed by atoms with Crippen LogP contribution in [-0.2, 0) is 6.54 Å². The second-order valence-electron chi connectivity index (χ2n) is 4.32. The van der Waals surface area contributed by atoms with Crippen molar-refractivity contribution < 1.29 is 0 Å². The SMILES string of the molecule is C=CCNNc1nc(-c2ccc(Cl)c(Cl)c2)n(CC)c(=O)n1. The van der Waals surface area contributed by atoms with Gasteiger partial charge in [0.15, 0.2) is 0 Å². The van der Waals surface area contributed by atoms with Gasteiger partial charge in [-0.1, -0.05) is 29.3 Å². The molecule has 2 rings (SSSR count). The number of hydrogen-bond donors (Lipinski definition) is 2. The van der Waals surface area contributed by atoms with Crippen molar-refractivity contribution in [3.05, 3.63) is 51.4 Å². The van der Waals surface area contributed by atoms with Gasteiger partial charge in [0.25, 0.3) is 0 Å². The van der Waals surface area contributed by atoms with E-state index in [-0.39, 0.29) is 5.95 Å². The molecule has 0 radical (unpaired) electrons. The molecule has 116 valence electrons. The van der Waals surface area contributed by atoms with Crippen LogP contribution in [0.15, 0.2) is 35.6 Å². The Hall–Kier alpha value is -1.89. The summed E-state index contributed by atoms with van der Waals surface area (Å²) in [6, 6.07) is 5.08. The van der Waals surface area contributed by atoms with Crippen LogP contribution in [0.2, 0.25) is 10.0 Å². The Morgan fingerprint density at radius 2 is 2.09 bits per heavy atom. The largest absolute Gasteiger partial charge is 0.352 e. The van der Waals surface area contributed by atoms with Crippen molar-refractivity contribution >= 4 is 29.2 Å². The molecule has 0 aliphatic carbocycles. The van der Waals surface area contributed by atoms with Gasteiger partial charge in [-0.05, 0) is 25.1 Å². The van der Waals surface area contributed by atoms with E-state index in [0.29, 0.717) is 34.5 Å². The molecule has 0 unspecified atom stereocenters. The summed E-state index contributed by atoms with van der Waals surface area (Å²) >= 11 is 12.0. The van der Waals surface area contributed by atoms with Gasteiger partial charge in [0.2, 0.25) is 5.95 Å².